The lowest BCUT2D eigenvalue weighted by Gasteiger charge is -2.03. The van der Waals surface area contributed by atoms with E-state index in [2.05, 4.69) is 11.9 Å². The van der Waals surface area contributed by atoms with Crippen LogP contribution in [0.25, 0.3) is 0 Å². The number of unbranched alkanes of at least 4 members (excludes halogenated alkanes) is 11. The monoisotopic (exact) mass is 325 g/mol. The van der Waals surface area contributed by atoms with E-state index in [9.17, 15) is 4.79 Å². The van der Waals surface area contributed by atoms with Crippen LogP contribution < -0.4 is 4.74 Å². The highest BCUT2D eigenvalue weighted by atomic mass is 16.6. The molecule has 0 atom stereocenters. The van der Waals surface area contributed by atoms with Crippen LogP contribution in [0.2, 0.25) is 0 Å². The zero-order valence-corrected chi connectivity index (χ0v) is 14.4. The Morgan fingerprint density at radius 3 is 2.00 bits per heavy atom. The fourth-order valence-electron chi connectivity index (χ4n) is 2.53. The molecule has 0 saturated carbocycles. The zero-order chi connectivity index (χ0) is 16.8. The van der Waals surface area contributed by atoms with Crippen LogP contribution in [-0.4, -0.2) is 22.7 Å². The summed E-state index contributed by atoms with van der Waals surface area (Å²) in [6.07, 6.45) is 16.8. The van der Waals surface area contributed by atoms with E-state index in [1.165, 1.54) is 70.4 Å². The molecule has 0 saturated heterocycles. The first-order valence-corrected chi connectivity index (χ1v) is 9.06. The smallest absolute Gasteiger partial charge is 0.394 e. The maximum atomic E-state index is 10.6. The van der Waals surface area contributed by atoms with Crippen LogP contribution in [-0.2, 0) is 0 Å². The number of aromatic carboxylic acids is 1. The van der Waals surface area contributed by atoms with Crippen LogP contribution in [0.1, 0.15) is 94.5 Å². The van der Waals surface area contributed by atoms with E-state index in [0.29, 0.717) is 6.61 Å². The van der Waals surface area contributed by atoms with Gasteiger partial charge in [-0.05, 0) is 6.42 Å². The lowest BCUT2D eigenvalue weighted by molar-refractivity contribution is 0.0653. The molecule has 1 heterocycles. The summed E-state index contributed by atoms with van der Waals surface area (Å²) in [4.78, 5) is 14.4. The Morgan fingerprint density at radius 1 is 1.00 bits per heavy atom. The molecule has 0 amide bonds. The molecule has 1 aromatic rings. The molecule has 0 spiro atoms. The molecule has 0 bridgehead atoms. The first kappa shape index (κ1) is 19.5. The molecule has 0 aliphatic carbocycles. The number of hydrogen-bond acceptors (Lipinski definition) is 4. The van der Waals surface area contributed by atoms with Gasteiger partial charge in [0, 0.05) is 0 Å². The lowest BCUT2D eigenvalue weighted by Crippen LogP contribution is -1.97. The number of carboxylic acids is 1. The summed E-state index contributed by atoms with van der Waals surface area (Å²) >= 11 is 0. The Labute approximate surface area is 139 Å². The van der Waals surface area contributed by atoms with Crippen molar-refractivity contribution in [3.05, 3.63) is 12.0 Å². The Bertz CT molecular complexity index is 417. The quantitative estimate of drug-likeness (QED) is 0.434. The Kier molecular flexibility index (Phi) is 11.0. The number of hydrogen-bond donors (Lipinski definition) is 1. The normalized spacial score (nSPS) is 10.8. The van der Waals surface area contributed by atoms with Crippen LogP contribution >= 0.6 is 0 Å². The van der Waals surface area contributed by atoms with Gasteiger partial charge in [0.25, 0.3) is 0 Å². The minimum atomic E-state index is -1.13. The van der Waals surface area contributed by atoms with E-state index >= 15 is 0 Å². The van der Waals surface area contributed by atoms with Gasteiger partial charge < -0.3 is 14.3 Å². The molecule has 5 nitrogen and oxygen atoms in total. The molecule has 1 aromatic heterocycles. The van der Waals surface area contributed by atoms with E-state index in [4.69, 9.17) is 14.3 Å². The molecule has 0 unspecified atom stereocenters. The van der Waals surface area contributed by atoms with Crippen molar-refractivity contribution in [2.24, 2.45) is 0 Å². The van der Waals surface area contributed by atoms with Gasteiger partial charge in [0.05, 0.1) is 12.8 Å². The maximum Gasteiger partial charge on any atom is 0.394 e. The molecule has 23 heavy (non-hydrogen) atoms. The number of ether oxygens (including phenoxy) is 1. The third-order valence-corrected chi connectivity index (χ3v) is 3.92. The number of rotatable bonds is 15. The average molecular weight is 325 g/mol. The van der Waals surface area contributed by atoms with Gasteiger partial charge >= 0.3 is 12.0 Å². The average Bonchev–Trinajstić information content (AvgIpc) is 3.01. The molecule has 0 aliphatic rings. The van der Waals surface area contributed by atoms with Crippen LogP contribution in [0.5, 0.6) is 6.08 Å². The van der Waals surface area contributed by atoms with Crippen molar-refractivity contribution in [2.75, 3.05) is 6.61 Å². The fraction of sp³-hybridized carbons (Fsp3) is 0.778. The van der Waals surface area contributed by atoms with E-state index in [0.717, 1.165) is 12.8 Å². The van der Waals surface area contributed by atoms with E-state index in [1.54, 1.807) is 0 Å². The summed E-state index contributed by atoms with van der Waals surface area (Å²) in [5.74, 6) is -1.31. The predicted molar refractivity (Wildman–Crippen MR) is 90.0 cm³/mol. The van der Waals surface area contributed by atoms with Gasteiger partial charge in [-0.3, -0.25) is 0 Å². The van der Waals surface area contributed by atoms with E-state index in [-0.39, 0.29) is 11.8 Å². The first-order chi connectivity index (χ1) is 11.2. The number of carboxylic acid groups (broad SMARTS) is 1. The molecular weight excluding hydrogens is 294 g/mol. The minimum Gasteiger partial charge on any atom is -0.475 e. The van der Waals surface area contributed by atoms with Crippen molar-refractivity contribution < 1.29 is 19.1 Å². The summed E-state index contributed by atoms with van der Waals surface area (Å²) in [6, 6.07) is 0. The number of carbonyl (C=O) groups is 1. The zero-order valence-electron chi connectivity index (χ0n) is 14.4. The van der Waals surface area contributed by atoms with Crippen molar-refractivity contribution in [2.45, 2.75) is 84.0 Å². The fourth-order valence-corrected chi connectivity index (χ4v) is 2.53. The van der Waals surface area contributed by atoms with Gasteiger partial charge in [-0.2, -0.15) is 4.98 Å². The third kappa shape index (κ3) is 9.97. The Morgan fingerprint density at radius 2 is 1.52 bits per heavy atom. The van der Waals surface area contributed by atoms with Gasteiger partial charge in [-0.15, -0.1) is 0 Å². The Balaban J connectivity index is 1.83. The van der Waals surface area contributed by atoms with Gasteiger partial charge in [0.15, 0.2) is 0 Å². The molecule has 132 valence electrons. The molecule has 1 N–H and O–H groups in total. The summed E-state index contributed by atoms with van der Waals surface area (Å²) < 4.78 is 10.2. The SMILES string of the molecule is CCCCCCCCCCCCCCOc1ncc(C(=O)O)o1. The second-order valence-corrected chi connectivity index (χ2v) is 6.03. The highest BCUT2D eigenvalue weighted by Crippen LogP contribution is 2.13. The molecule has 0 radical (unpaired) electrons. The van der Waals surface area contributed by atoms with Gasteiger partial charge in [0.1, 0.15) is 0 Å². The number of aromatic nitrogens is 1. The second-order valence-electron chi connectivity index (χ2n) is 6.03. The maximum absolute atomic E-state index is 10.6. The second kappa shape index (κ2) is 13.0. The Hall–Kier alpha value is -1.52. The number of nitrogens with zero attached hydrogens (tertiary/aromatic N) is 1. The summed E-state index contributed by atoms with van der Waals surface area (Å²) in [5, 5.41) is 8.69. The van der Waals surface area contributed by atoms with Crippen LogP contribution in [0.15, 0.2) is 10.6 Å². The molecule has 5 heteroatoms. The van der Waals surface area contributed by atoms with Crippen LogP contribution in [0, 0.1) is 0 Å². The molecular formula is C18H31NO4. The molecule has 0 aromatic carbocycles. The van der Waals surface area contributed by atoms with Gasteiger partial charge in [-0.1, -0.05) is 77.6 Å². The highest BCUT2D eigenvalue weighted by Gasteiger charge is 2.10. The van der Waals surface area contributed by atoms with Crippen molar-refractivity contribution >= 4 is 5.97 Å². The lowest BCUT2D eigenvalue weighted by atomic mass is 10.1. The topological polar surface area (TPSA) is 72.6 Å². The van der Waals surface area contributed by atoms with Crippen molar-refractivity contribution in [3.63, 3.8) is 0 Å². The van der Waals surface area contributed by atoms with Crippen molar-refractivity contribution in [1.82, 2.24) is 4.98 Å². The third-order valence-electron chi connectivity index (χ3n) is 3.92. The molecule has 0 fully saturated rings. The summed E-state index contributed by atoms with van der Waals surface area (Å²) in [5.41, 5.74) is 0. The largest absolute Gasteiger partial charge is 0.475 e. The van der Waals surface area contributed by atoms with Gasteiger partial charge in [0.2, 0.25) is 5.76 Å². The predicted octanol–water partition coefficient (Wildman–Crippen LogP) is 5.45. The summed E-state index contributed by atoms with van der Waals surface area (Å²) in [6.45, 7) is 2.78. The van der Waals surface area contributed by atoms with Gasteiger partial charge in [-0.25, -0.2) is 4.79 Å². The molecule has 1 rings (SSSR count). The van der Waals surface area contributed by atoms with E-state index in [1.807, 2.05) is 0 Å². The minimum absolute atomic E-state index is 0.0467. The first-order valence-electron chi connectivity index (χ1n) is 9.06. The highest BCUT2D eigenvalue weighted by molar-refractivity contribution is 5.83. The molecule has 0 aliphatic heterocycles. The van der Waals surface area contributed by atoms with Crippen LogP contribution in [0.3, 0.4) is 0 Å². The van der Waals surface area contributed by atoms with E-state index < -0.39 is 5.97 Å². The van der Waals surface area contributed by atoms with Crippen LogP contribution in [0.4, 0.5) is 0 Å². The summed E-state index contributed by atoms with van der Waals surface area (Å²) in [7, 11) is 0. The van der Waals surface area contributed by atoms with Crippen molar-refractivity contribution in [3.8, 4) is 6.08 Å². The standard InChI is InChI=1S/C18H31NO4/c1-2-3-4-5-6-7-8-9-10-11-12-13-14-22-18-19-15-16(23-18)17(20)21/h15H,2-14H2,1H3,(H,20,21). The van der Waals surface area contributed by atoms with Crippen molar-refractivity contribution in [1.29, 1.82) is 0 Å². The number of oxazole rings is 1.